The molecule has 35 heavy (non-hydrogen) atoms. The molecule has 4 rings (SSSR count). The van der Waals surface area contributed by atoms with Gasteiger partial charge in [-0.15, -0.1) is 0 Å². The van der Waals surface area contributed by atoms with Crippen molar-refractivity contribution in [3.63, 3.8) is 0 Å². The fraction of sp³-hybridized carbons (Fsp3) is 0.348. The van der Waals surface area contributed by atoms with Gasteiger partial charge in [0.2, 0.25) is 0 Å². The molecule has 3 aromatic rings. The normalized spacial score (nSPS) is 14.6. The molecule has 9 nitrogen and oxygen atoms in total. The molecular weight excluding hydrogens is 465 g/mol. The quantitative estimate of drug-likeness (QED) is 0.365. The molecule has 0 amide bonds. The topological polar surface area (TPSA) is 108 Å². The van der Waals surface area contributed by atoms with Crippen molar-refractivity contribution in [2.75, 3.05) is 50.5 Å². The predicted octanol–water partition coefficient (Wildman–Crippen LogP) is 3.53. The van der Waals surface area contributed by atoms with Gasteiger partial charge in [-0.1, -0.05) is 0 Å². The van der Waals surface area contributed by atoms with Crippen LogP contribution in [0.2, 0.25) is 0 Å². The number of hydrogen-bond acceptors (Lipinski definition) is 8. The Morgan fingerprint density at radius 1 is 1.20 bits per heavy atom. The number of hydrogen-bond donors (Lipinski definition) is 2. The lowest BCUT2D eigenvalue weighted by Crippen LogP contribution is -2.38. The number of ketones is 1. The van der Waals surface area contributed by atoms with Crippen molar-refractivity contribution in [2.24, 2.45) is 0 Å². The molecular formula is C23H25F3N6O3. The van der Waals surface area contributed by atoms with Crippen LogP contribution in [0, 0.1) is 0 Å². The van der Waals surface area contributed by atoms with Crippen molar-refractivity contribution < 1.29 is 27.4 Å². The molecule has 3 heterocycles. The van der Waals surface area contributed by atoms with Crippen molar-refractivity contribution in [2.45, 2.75) is 13.1 Å². The molecule has 1 aliphatic rings. The third-order valence-corrected chi connectivity index (χ3v) is 5.42. The van der Waals surface area contributed by atoms with Crippen LogP contribution >= 0.6 is 0 Å². The van der Waals surface area contributed by atoms with Gasteiger partial charge >= 0.3 is 6.18 Å². The number of alkyl halides is 3. The second kappa shape index (κ2) is 10.3. The molecule has 12 heteroatoms. The molecule has 0 saturated carbocycles. The minimum absolute atomic E-state index is 0.0281. The van der Waals surface area contributed by atoms with Gasteiger partial charge in [-0.05, 0) is 37.3 Å². The van der Waals surface area contributed by atoms with Crippen molar-refractivity contribution in [3.05, 3.63) is 53.9 Å². The summed E-state index contributed by atoms with van der Waals surface area (Å²) in [4.78, 5) is 18.6. The first kappa shape index (κ1) is 24.5. The van der Waals surface area contributed by atoms with Crippen LogP contribution in [0.15, 0.2) is 42.6 Å². The molecule has 1 aliphatic heterocycles. The summed E-state index contributed by atoms with van der Waals surface area (Å²) in [5, 5.41) is 6.56. The van der Waals surface area contributed by atoms with Gasteiger partial charge < -0.3 is 20.5 Å². The number of anilines is 3. The zero-order chi connectivity index (χ0) is 25.0. The lowest BCUT2D eigenvalue weighted by Gasteiger charge is -2.26. The van der Waals surface area contributed by atoms with Crippen molar-refractivity contribution in [1.82, 2.24) is 19.7 Å². The molecule has 3 N–H and O–H groups in total. The first-order chi connectivity index (χ1) is 16.7. The molecule has 186 valence electrons. The molecule has 2 aromatic heterocycles. The largest absolute Gasteiger partial charge is 0.492 e. The summed E-state index contributed by atoms with van der Waals surface area (Å²) in [5.41, 5.74) is 6.13. The second-order valence-corrected chi connectivity index (χ2v) is 7.94. The number of nitrogens with zero attached hydrogens (tertiary/aromatic N) is 4. The highest BCUT2D eigenvalue weighted by Crippen LogP contribution is 2.30. The van der Waals surface area contributed by atoms with Crippen molar-refractivity contribution in [1.29, 1.82) is 0 Å². The first-order valence-corrected chi connectivity index (χ1v) is 11.0. The van der Waals surface area contributed by atoms with E-state index in [0.29, 0.717) is 23.7 Å². The zero-order valence-electron chi connectivity index (χ0n) is 19.0. The number of nitrogen functional groups attached to an aromatic ring is 1. The molecule has 1 aromatic carbocycles. The maximum Gasteiger partial charge on any atom is 0.435 e. The highest BCUT2D eigenvalue weighted by atomic mass is 19.4. The van der Waals surface area contributed by atoms with E-state index in [1.54, 1.807) is 24.3 Å². The number of morpholine rings is 1. The summed E-state index contributed by atoms with van der Waals surface area (Å²) in [6.45, 7) is 5.79. The summed E-state index contributed by atoms with van der Waals surface area (Å²) in [5.74, 6) is 0.501. The van der Waals surface area contributed by atoms with Gasteiger partial charge in [0.25, 0.3) is 0 Å². The number of pyridine rings is 1. The van der Waals surface area contributed by atoms with Gasteiger partial charge in [0.05, 0.1) is 30.2 Å². The number of rotatable bonds is 8. The number of carbonyl (C=O) groups excluding carboxylic acids is 1. The maximum absolute atomic E-state index is 13.0. The highest BCUT2D eigenvalue weighted by molar-refractivity contribution is 5.97. The van der Waals surface area contributed by atoms with Crippen LogP contribution in [0.3, 0.4) is 0 Å². The van der Waals surface area contributed by atoms with Crippen LogP contribution in [0.25, 0.3) is 5.82 Å². The smallest absolute Gasteiger partial charge is 0.435 e. The first-order valence-electron chi connectivity index (χ1n) is 11.0. The molecule has 0 radical (unpaired) electrons. The van der Waals surface area contributed by atoms with E-state index in [9.17, 15) is 18.0 Å². The van der Waals surface area contributed by atoms with E-state index >= 15 is 0 Å². The van der Waals surface area contributed by atoms with E-state index in [4.69, 9.17) is 15.2 Å². The van der Waals surface area contributed by atoms with Crippen LogP contribution in [-0.4, -0.2) is 64.9 Å². The SMILES string of the molecule is CC(=O)c1ccc(Nc2ccc(OCCN3CCOCC3)cc2N)nc1-n1ccc(C(F)(F)F)n1. The number of nitrogens with one attached hydrogen (secondary N) is 1. The minimum Gasteiger partial charge on any atom is -0.492 e. The Labute approximate surface area is 199 Å². The number of nitrogens with two attached hydrogens (primary N) is 1. The van der Waals surface area contributed by atoms with Gasteiger partial charge in [0.1, 0.15) is 18.2 Å². The Balaban J connectivity index is 1.48. The van der Waals surface area contributed by atoms with Gasteiger partial charge in [0, 0.05) is 31.9 Å². The maximum atomic E-state index is 13.0. The van der Waals surface area contributed by atoms with Crippen LogP contribution in [0.1, 0.15) is 23.0 Å². The molecule has 0 spiro atoms. The Morgan fingerprint density at radius 2 is 1.97 bits per heavy atom. The average molecular weight is 490 g/mol. The Hall–Kier alpha value is -3.64. The van der Waals surface area contributed by atoms with Gasteiger partial charge in [-0.25, -0.2) is 9.67 Å². The lowest BCUT2D eigenvalue weighted by molar-refractivity contribution is -0.141. The summed E-state index contributed by atoms with van der Waals surface area (Å²) < 4.78 is 51.0. The van der Waals surface area contributed by atoms with Crippen LogP contribution < -0.4 is 15.8 Å². The molecule has 1 saturated heterocycles. The predicted molar refractivity (Wildman–Crippen MR) is 123 cm³/mol. The fourth-order valence-corrected chi connectivity index (χ4v) is 3.56. The van der Waals surface area contributed by atoms with Crippen molar-refractivity contribution in [3.8, 4) is 11.6 Å². The average Bonchev–Trinajstić information content (AvgIpc) is 3.32. The summed E-state index contributed by atoms with van der Waals surface area (Å²) in [6.07, 6.45) is -3.50. The van der Waals surface area contributed by atoms with Crippen molar-refractivity contribution >= 4 is 23.0 Å². The monoisotopic (exact) mass is 490 g/mol. The number of ether oxygens (including phenoxy) is 2. The number of carbonyl (C=O) groups is 1. The number of halogens is 3. The van der Waals surface area contributed by atoms with Crippen LogP contribution in [-0.2, 0) is 10.9 Å². The molecule has 0 unspecified atom stereocenters. The number of Topliss-reactive ketones (excluding diaryl/α,β-unsaturated/α-hetero) is 1. The third kappa shape index (κ3) is 6.08. The Morgan fingerprint density at radius 3 is 2.63 bits per heavy atom. The number of benzene rings is 1. The van der Waals surface area contributed by atoms with Gasteiger partial charge in [-0.2, -0.15) is 18.3 Å². The van der Waals surface area contributed by atoms with Gasteiger partial charge in [-0.3, -0.25) is 9.69 Å². The second-order valence-electron chi connectivity index (χ2n) is 7.94. The van der Waals surface area contributed by atoms with E-state index in [1.807, 2.05) is 0 Å². The number of aromatic nitrogens is 3. The third-order valence-electron chi connectivity index (χ3n) is 5.42. The van der Waals surface area contributed by atoms with E-state index in [2.05, 4.69) is 20.3 Å². The van der Waals surface area contributed by atoms with Crippen LogP contribution in [0.5, 0.6) is 5.75 Å². The highest BCUT2D eigenvalue weighted by Gasteiger charge is 2.34. The van der Waals surface area contributed by atoms with Crippen LogP contribution in [0.4, 0.5) is 30.4 Å². The fourth-order valence-electron chi connectivity index (χ4n) is 3.56. The standard InChI is InChI=1S/C23H25F3N6O3/c1-15(33)17-3-5-21(29-22(17)32-7-6-20(30-32)23(24,25)26)28-19-4-2-16(14-18(19)27)35-13-10-31-8-11-34-12-9-31/h2-7,14H,8-13,27H2,1H3,(H,28,29). The summed E-state index contributed by atoms with van der Waals surface area (Å²) in [6, 6.07) is 8.99. The van der Waals surface area contributed by atoms with E-state index in [1.165, 1.54) is 13.0 Å². The summed E-state index contributed by atoms with van der Waals surface area (Å²) in [7, 11) is 0. The molecule has 0 bridgehead atoms. The Kier molecular flexibility index (Phi) is 7.22. The zero-order valence-corrected chi connectivity index (χ0v) is 19.0. The van der Waals surface area contributed by atoms with Gasteiger partial charge in [0.15, 0.2) is 17.3 Å². The lowest BCUT2D eigenvalue weighted by atomic mass is 10.2. The molecule has 0 aliphatic carbocycles. The molecule has 1 fully saturated rings. The molecule has 0 atom stereocenters. The summed E-state index contributed by atoms with van der Waals surface area (Å²) >= 11 is 0. The minimum atomic E-state index is -4.61. The Bertz CT molecular complexity index is 1190. The van der Waals surface area contributed by atoms with E-state index in [-0.39, 0.29) is 23.0 Å². The van der Waals surface area contributed by atoms with E-state index < -0.39 is 11.9 Å². The van der Waals surface area contributed by atoms with E-state index in [0.717, 1.165) is 49.8 Å².